The number of aliphatic carboxylic acids is 1. The number of hydrogen-bond donors (Lipinski definition) is 8. The molecule has 0 rings (SSSR count). The van der Waals surface area contributed by atoms with Crippen LogP contribution in [0, 0.1) is 5.92 Å². The van der Waals surface area contributed by atoms with Crippen LogP contribution < -0.4 is 21.7 Å². The second-order valence-electron chi connectivity index (χ2n) is 6.46. The third-order valence-corrected chi connectivity index (χ3v) is 4.60. The smallest absolute Gasteiger partial charge is 0.326 e. The lowest BCUT2D eigenvalue weighted by atomic mass is 9.99. The number of hydrogen-bond acceptors (Lipinski definition) is 8. The monoisotopic (exact) mass is 422 g/mol. The van der Waals surface area contributed by atoms with Gasteiger partial charge in [0.1, 0.15) is 24.2 Å². The quantitative estimate of drug-likeness (QED) is 0.155. The largest absolute Gasteiger partial charge is 0.480 e. The summed E-state index contributed by atoms with van der Waals surface area (Å²) in [7, 11) is 0. The SMILES string of the molecule is CCC(C)C(NC(=O)C(CO)NC(=O)C(CS)NC(=O)C(N)C(C)O)C(=O)O. The zero-order valence-corrected chi connectivity index (χ0v) is 17.0. The van der Waals surface area contributed by atoms with E-state index in [1.54, 1.807) is 13.8 Å². The number of rotatable bonds is 12. The first-order valence-corrected chi connectivity index (χ1v) is 9.42. The molecule has 0 heterocycles. The van der Waals surface area contributed by atoms with Crippen molar-refractivity contribution in [2.45, 2.75) is 57.5 Å². The summed E-state index contributed by atoms with van der Waals surface area (Å²) >= 11 is 3.96. The summed E-state index contributed by atoms with van der Waals surface area (Å²) in [6.45, 7) is 3.92. The molecule has 0 radical (unpaired) electrons. The minimum Gasteiger partial charge on any atom is -0.480 e. The fraction of sp³-hybridized carbons (Fsp3) is 0.750. The molecule has 12 heteroatoms. The lowest BCUT2D eigenvalue weighted by Crippen LogP contribution is -2.59. The van der Waals surface area contributed by atoms with E-state index in [9.17, 15) is 34.5 Å². The van der Waals surface area contributed by atoms with Crippen LogP contribution in [0.5, 0.6) is 0 Å². The van der Waals surface area contributed by atoms with E-state index in [0.717, 1.165) is 0 Å². The normalized spacial score (nSPS) is 17.4. The van der Waals surface area contributed by atoms with Gasteiger partial charge in [-0.1, -0.05) is 20.3 Å². The second-order valence-corrected chi connectivity index (χ2v) is 6.83. The number of amides is 3. The minimum absolute atomic E-state index is 0.144. The third-order valence-electron chi connectivity index (χ3n) is 4.23. The van der Waals surface area contributed by atoms with Gasteiger partial charge in [-0.25, -0.2) is 4.79 Å². The van der Waals surface area contributed by atoms with E-state index in [1.165, 1.54) is 6.92 Å². The molecule has 0 saturated heterocycles. The average molecular weight is 423 g/mol. The molecule has 0 bridgehead atoms. The van der Waals surface area contributed by atoms with Gasteiger partial charge in [-0.2, -0.15) is 12.6 Å². The Morgan fingerprint density at radius 2 is 1.50 bits per heavy atom. The number of carboxylic acid groups (broad SMARTS) is 1. The molecule has 0 aromatic heterocycles. The summed E-state index contributed by atoms with van der Waals surface area (Å²) < 4.78 is 0. The molecule has 28 heavy (non-hydrogen) atoms. The standard InChI is InChI=1S/C16H30N4O7S/c1-4-7(2)12(16(26)27)20-13(23)9(5-21)18-14(24)10(6-28)19-15(25)11(17)8(3)22/h7-12,21-22,28H,4-6,17H2,1-3H3,(H,18,24)(H,19,25)(H,20,23)(H,26,27). The van der Waals surface area contributed by atoms with Crippen LogP contribution in [0.25, 0.3) is 0 Å². The molecule has 8 N–H and O–H groups in total. The molecule has 0 saturated carbocycles. The van der Waals surface area contributed by atoms with Crippen LogP contribution in [0.15, 0.2) is 0 Å². The highest BCUT2D eigenvalue weighted by Crippen LogP contribution is 2.08. The Bertz CT molecular complexity index is 561. The number of nitrogens with two attached hydrogens (primary N) is 1. The summed E-state index contributed by atoms with van der Waals surface area (Å²) in [5, 5.41) is 34.8. The Kier molecular flexibility index (Phi) is 11.7. The van der Waals surface area contributed by atoms with Crippen LogP contribution in [-0.4, -0.2) is 81.6 Å². The maximum absolute atomic E-state index is 12.3. The molecule has 0 aliphatic carbocycles. The van der Waals surface area contributed by atoms with Gasteiger partial charge in [-0.3, -0.25) is 14.4 Å². The van der Waals surface area contributed by atoms with Gasteiger partial charge < -0.3 is 37.0 Å². The summed E-state index contributed by atoms with van der Waals surface area (Å²) in [4.78, 5) is 47.7. The first kappa shape index (κ1) is 26.1. The number of nitrogens with one attached hydrogen (secondary N) is 3. The molecule has 0 aromatic carbocycles. The second kappa shape index (κ2) is 12.5. The Morgan fingerprint density at radius 1 is 1.00 bits per heavy atom. The molecule has 0 aliphatic heterocycles. The summed E-state index contributed by atoms with van der Waals surface area (Å²) in [6, 6.07) is -5.07. The Morgan fingerprint density at radius 3 is 1.89 bits per heavy atom. The van der Waals surface area contributed by atoms with Crippen molar-refractivity contribution in [1.29, 1.82) is 0 Å². The van der Waals surface area contributed by atoms with Gasteiger partial charge in [-0.15, -0.1) is 0 Å². The van der Waals surface area contributed by atoms with Crippen LogP contribution in [0.3, 0.4) is 0 Å². The Balaban J connectivity index is 5.05. The van der Waals surface area contributed by atoms with E-state index in [1.807, 2.05) is 0 Å². The highest BCUT2D eigenvalue weighted by Gasteiger charge is 2.31. The number of carbonyl (C=O) groups excluding carboxylic acids is 3. The zero-order valence-electron chi connectivity index (χ0n) is 16.1. The van der Waals surface area contributed by atoms with Gasteiger partial charge in [-0.05, 0) is 12.8 Å². The van der Waals surface area contributed by atoms with Crippen molar-refractivity contribution in [1.82, 2.24) is 16.0 Å². The van der Waals surface area contributed by atoms with Crippen molar-refractivity contribution >= 4 is 36.3 Å². The molecule has 0 aliphatic rings. The molecule has 3 amide bonds. The van der Waals surface area contributed by atoms with Crippen molar-refractivity contribution in [3.05, 3.63) is 0 Å². The van der Waals surface area contributed by atoms with Crippen LogP contribution in [0.2, 0.25) is 0 Å². The average Bonchev–Trinajstić information content (AvgIpc) is 2.65. The Labute approximate surface area is 168 Å². The number of carboxylic acids is 1. The van der Waals surface area contributed by atoms with Gasteiger partial charge >= 0.3 is 5.97 Å². The predicted octanol–water partition coefficient (Wildman–Crippen LogP) is -2.80. The predicted molar refractivity (Wildman–Crippen MR) is 103 cm³/mol. The number of carbonyl (C=O) groups is 4. The van der Waals surface area contributed by atoms with E-state index < -0.39 is 60.6 Å². The fourth-order valence-electron chi connectivity index (χ4n) is 2.08. The van der Waals surface area contributed by atoms with Gasteiger partial charge in [0.25, 0.3) is 0 Å². The lowest BCUT2D eigenvalue weighted by Gasteiger charge is -2.25. The molecule has 162 valence electrons. The van der Waals surface area contributed by atoms with Gasteiger partial charge in [0.15, 0.2) is 0 Å². The van der Waals surface area contributed by atoms with E-state index in [2.05, 4.69) is 28.6 Å². The van der Waals surface area contributed by atoms with Crippen molar-refractivity contribution in [3.63, 3.8) is 0 Å². The van der Waals surface area contributed by atoms with Crippen LogP contribution in [0.1, 0.15) is 27.2 Å². The van der Waals surface area contributed by atoms with Crippen LogP contribution in [-0.2, 0) is 19.2 Å². The summed E-state index contributed by atoms with van der Waals surface area (Å²) in [5.74, 6) is -4.26. The van der Waals surface area contributed by atoms with Crippen LogP contribution in [0.4, 0.5) is 0 Å². The maximum Gasteiger partial charge on any atom is 0.326 e. The van der Waals surface area contributed by atoms with E-state index >= 15 is 0 Å². The highest BCUT2D eigenvalue weighted by molar-refractivity contribution is 7.80. The molecule has 11 nitrogen and oxygen atoms in total. The molecule has 0 aromatic rings. The van der Waals surface area contributed by atoms with Gasteiger partial charge in [0.2, 0.25) is 17.7 Å². The van der Waals surface area contributed by atoms with Crippen molar-refractivity contribution < 1.29 is 34.5 Å². The molecule has 0 fully saturated rings. The van der Waals surface area contributed by atoms with Gasteiger partial charge in [0.05, 0.1) is 12.7 Å². The number of aliphatic hydroxyl groups excluding tert-OH is 2. The Hall–Kier alpha value is -1.89. The number of thiol groups is 1. The minimum atomic E-state index is -1.43. The molecular weight excluding hydrogens is 392 g/mol. The van der Waals surface area contributed by atoms with Crippen molar-refractivity contribution in [2.24, 2.45) is 11.7 Å². The van der Waals surface area contributed by atoms with E-state index in [0.29, 0.717) is 6.42 Å². The van der Waals surface area contributed by atoms with E-state index in [4.69, 9.17) is 5.73 Å². The van der Waals surface area contributed by atoms with Crippen molar-refractivity contribution in [3.8, 4) is 0 Å². The van der Waals surface area contributed by atoms with E-state index in [-0.39, 0.29) is 11.7 Å². The fourth-order valence-corrected chi connectivity index (χ4v) is 2.34. The zero-order chi connectivity index (χ0) is 22.0. The highest BCUT2D eigenvalue weighted by atomic mass is 32.1. The third kappa shape index (κ3) is 8.00. The molecule has 6 atom stereocenters. The first-order chi connectivity index (χ1) is 13.0. The lowest BCUT2D eigenvalue weighted by molar-refractivity contribution is -0.144. The topological polar surface area (TPSA) is 191 Å². The molecular formula is C16H30N4O7S. The van der Waals surface area contributed by atoms with Gasteiger partial charge in [0, 0.05) is 5.75 Å². The summed E-state index contributed by atoms with van der Waals surface area (Å²) in [6.07, 6.45) is -0.655. The maximum atomic E-state index is 12.3. The number of aliphatic hydroxyl groups is 2. The first-order valence-electron chi connectivity index (χ1n) is 8.79. The molecule has 6 unspecified atom stereocenters. The van der Waals surface area contributed by atoms with Crippen molar-refractivity contribution in [2.75, 3.05) is 12.4 Å². The summed E-state index contributed by atoms with van der Waals surface area (Å²) in [5.41, 5.74) is 5.49. The molecule has 0 spiro atoms. The van der Waals surface area contributed by atoms with Crippen LogP contribution >= 0.6 is 12.6 Å².